The van der Waals surface area contributed by atoms with Crippen LogP contribution in [-0.2, 0) is 13.6 Å². The van der Waals surface area contributed by atoms with Crippen LogP contribution in [0.3, 0.4) is 0 Å². The summed E-state index contributed by atoms with van der Waals surface area (Å²) in [5, 5.41) is 11.9. The minimum atomic E-state index is -1.08. The van der Waals surface area contributed by atoms with Crippen molar-refractivity contribution < 1.29 is 14.3 Å². The molecule has 3 aromatic heterocycles. The van der Waals surface area contributed by atoms with Crippen molar-refractivity contribution in [2.75, 3.05) is 5.32 Å². The van der Waals surface area contributed by atoms with Gasteiger partial charge in [-0.2, -0.15) is 0 Å². The number of nitrogens with zero attached hydrogens (tertiary/aromatic N) is 3. The molecule has 20 heavy (non-hydrogen) atoms. The van der Waals surface area contributed by atoms with E-state index >= 15 is 0 Å². The molecule has 0 unspecified atom stereocenters. The lowest BCUT2D eigenvalue weighted by molar-refractivity contribution is 0.0660. The number of aryl methyl sites for hydroxylation is 1. The number of nitrogens with one attached hydrogen (secondary N) is 1. The lowest BCUT2D eigenvalue weighted by atomic mass is 10.3. The zero-order valence-corrected chi connectivity index (χ0v) is 10.7. The molecule has 102 valence electrons. The molecular formula is C13H12N4O3. The number of hydrogen-bond donors (Lipinski definition) is 2. The van der Waals surface area contributed by atoms with Crippen LogP contribution in [-0.4, -0.2) is 25.6 Å². The van der Waals surface area contributed by atoms with Crippen LogP contribution in [0.1, 0.15) is 16.3 Å². The van der Waals surface area contributed by atoms with Crippen molar-refractivity contribution in [1.29, 1.82) is 0 Å². The molecule has 0 aromatic carbocycles. The summed E-state index contributed by atoms with van der Waals surface area (Å²) in [6.07, 6.45) is 3.41. The van der Waals surface area contributed by atoms with Crippen molar-refractivity contribution in [2.45, 2.75) is 6.54 Å². The van der Waals surface area contributed by atoms with E-state index in [2.05, 4.69) is 15.3 Å². The SMILES string of the molecule is Cn1cnc2c(NCc3ccc(C(=O)O)o3)nccc21. The van der Waals surface area contributed by atoms with Gasteiger partial charge in [0.05, 0.1) is 18.4 Å². The molecule has 0 saturated carbocycles. The monoisotopic (exact) mass is 272 g/mol. The van der Waals surface area contributed by atoms with E-state index in [9.17, 15) is 4.79 Å². The van der Waals surface area contributed by atoms with E-state index in [-0.39, 0.29) is 5.76 Å². The van der Waals surface area contributed by atoms with Crippen molar-refractivity contribution in [3.63, 3.8) is 0 Å². The summed E-state index contributed by atoms with van der Waals surface area (Å²) in [6.45, 7) is 0.343. The predicted molar refractivity (Wildman–Crippen MR) is 71.5 cm³/mol. The molecule has 0 aliphatic carbocycles. The number of carbonyl (C=O) groups is 1. The van der Waals surface area contributed by atoms with E-state index in [0.717, 1.165) is 11.0 Å². The van der Waals surface area contributed by atoms with Gasteiger partial charge in [0.15, 0.2) is 5.82 Å². The van der Waals surface area contributed by atoms with Crippen molar-refractivity contribution in [1.82, 2.24) is 14.5 Å². The summed E-state index contributed by atoms with van der Waals surface area (Å²) in [5.74, 6) is 0.000477. The van der Waals surface area contributed by atoms with Gasteiger partial charge in [-0.1, -0.05) is 0 Å². The van der Waals surface area contributed by atoms with Gasteiger partial charge in [-0.15, -0.1) is 0 Å². The Kier molecular flexibility index (Phi) is 2.86. The molecule has 3 heterocycles. The number of pyridine rings is 1. The third-order valence-corrected chi connectivity index (χ3v) is 2.95. The van der Waals surface area contributed by atoms with Gasteiger partial charge in [-0.3, -0.25) is 0 Å². The molecule has 3 aromatic rings. The molecule has 0 radical (unpaired) electrons. The van der Waals surface area contributed by atoms with Gasteiger partial charge in [0.25, 0.3) is 0 Å². The average molecular weight is 272 g/mol. The minimum Gasteiger partial charge on any atom is -0.475 e. The van der Waals surface area contributed by atoms with Crippen LogP contribution in [0, 0.1) is 0 Å². The Bertz CT molecular complexity index is 775. The molecule has 0 aliphatic heterocycles. The Morgan fingerprint density at radius 3 is 3.00 bits per heavy atom. The third-order valence-electron chi connectivity index (χ3n) is 2.95. The number of rotatable bonds is 4. The molecule has 7 heteroatoms. The predicted octanol–water partition coefficient (Wildman–Crippen LogP) is 1.87. The number of anilines is 1. The molecule has 0 atom stereocenters. The largest absolute Gasteiger partial charge is 0.475 e. The normalized spacial score (nSPS) is 10.8. The van der Waals surface area contributed by atoms with Gasteiger partial charge in [0, 0.05) is 13.2 Å². The van der Waals surface area contributed by atoms with Crippen molar-refractivity contribution in [3.05, 3.63) is 42.2 Å². The smallest absolute Gasteiger partial charge is 0.371 e. The number of carboxylic acids is 1. The lowest BCUT2D eigenvalue weighted by Crippen LogP contribution is -2.01. The second-order valence-corrected chi connectivity index (χ2v) is 4.31. The topological polar surface area (TPSA) is 93.2 Å². The van der Waals surface area contributed by atoms with Crippen LogP contribution < -0.4 is 5.32 Å². The molecule has 0 amide bonds. The van der Waals surface area contributed by atoms with Crippen LogP contribution in [0.15, 0.2) is 35.1 Å². The first kappa shape index (κ1) is 12.2. The highest BCUT2D eigenvalue weighted by Crippen LogP contribution is 2.19. The first-order chi connectivity index (χ1) is 9.65. The average Bonchev–Trinajstić information content (AvgIpc) is 3.04. The van der Waals surface area contributed by atoms with Crippen LogP contribution in [0.5, 0.6) is 0 Å². The fourth-order valence-corrected chi connectivity index (χ4v) is 1.95. The Morgan fingerprint density at radius 1 is 1.40 bits per heavy atom. The third kappa shape index (κ3) is 2.09. The number of aromatic carboxylic acids is 1. The van der Waals surface area contributed by atoms with Crippen LogP contribution >= 0.6 is 0 Å². The van der Waals surface area contributed by atoms with E-state index < -0.39 is 5.97 Å². The van der Waals surface area contributed by atoms with Crippen molar-refractivity contribution >= 4 is 22.8 Å². The Morgan fingerprint density at radius 2 is 2.25 bits per heavy atom. The highest BCUT2D eigenvalue weighted by atomic mass is 16.4. The van der Waals surface area contributed by atoms with Crippen molar-refractivity contribution in [3.8, 4) is 0 Å². The lowest BCUT2D eigenvalue weighted by Gasteiger charge is -2.04. The second-order valence-electron chi connectivity index (χ2n) is 4.31. The van der Waals surface area contributed by atoms with Crippen LogP contribution in [0.4, 0.5) is 5.82 Å². The van der Waals surface area contributed by atoms with Gasteiger partial charge >= 0.3 is 5.97 Å². The highest BCUT2D eigenvalue weighted by Gasteiger charge is 2.10. The molecule has 0 saturated heterocycles. The molecule has 0 bridgehead atoms. The van der Waals surface area contributed by atoms with E-state index in [1.165, 1.54) is 6.07 Å². The maximum absolute atomic E-state index is 10.7. The maximum Gasteiger partial charge on any atom is 0.371 e. The standard InChI is InChI=1S/C13H12N4O3/c1-17-7-16-11-9(17)4-5-14-12(11)15-6-8-2-3-10(20-8)13(18)19/h2-5,7H,6H2,1H3,(H,14,15)(H,18,19). The Hall–Kier alpha value is -2.83. The molecule has 3 rings (SSSR count). The summed E-state index contributed by atoms with van der Waals surface area (Å²) in [5.41, 5.74) is 1.73. The minimum absolute atomic E-state index is 0.0780. The Labute approximate surface area is 113 Å². The number of aromatic nitrogens is 3. The summed E-state index contributed by atoms with van der Waals surface area (Å²) in [4.78, 5) is 19.2. The fraction of sp³-hybridized carbons (Fsp3) is 0.154. The zero-order chi connectivity index (χ0) is 14.1. The van der Waals surface area contributed by atoms with Gasteiger partial charge < -0.3 is 19.4 Å². The van der Waals surface area contributed by atoms with Crippen LogP contribution in [0.25, 0.3) is 11.0 Å². The number of carboxylic acid groups (broad SMARTS) is 1. The van der Waals surface area contributed by atoms with Gasteiger partial charge in [-0.05, 0) is 18.2 Å². The van der Waals surface area contributed by atoms with Crippen LogP contribution in [0.2, 0.25) is 0 Å². The highest BCUT2D eigenvalue weighted by molar-refractivity contribution is 5.86. The first-order valence-electron chi connectivity index (χ1n) is 5.97. The molecule has 0 spiro atoms. The molecule has 7 nitrogen and oxygen atoms in total. The molecule has 2 N–H and O–H groups in total. The van der Waals surface area contributed by atoms with Crippen molar-refractivity contribution in [2.24, 2.45) is 7.05 Å². The number of furan rings is 1. The van der Waals surface area contributed by atoms with Gasteiger partial charge in [-0.25, -0.2) is 14.8 Å². The number of imidazole rings is 1. The van der Waals surface area contributed by atoms with E-state index in [4.69, 9.17) is 9.52 Å². The number of fused-ring (bicyclic) bond motifs is 1. The fourth-order valence-electron chi connectivity index (χ4n) is 1.95. The summed E-state index contributed by atoms with van der Waals surface area (Å²) in [7, 11) is 1.91. The molecular weight excluding hydrogens is 260 g/mol. The molecule has 0 aliphatic rings. The van der Waals surface area contributed by atoms with E-state index in [0.29, 0.717) is 18.1 Å². The zero-order valence-electron chi connectivity index (χ0n) is 10.7. The number of hydrogen-bond acceptors (Lipinski definition) is 5. The molecule has 0 fully saturated rings. The van der Waals surface area contributed by atoms with Gasteiger partial charge in [0.1, 0.15) is 11.3 Å². The first-order valence-corrected chi connectivity index (χ1v) is 5.97. The maximum atomic E-state index is 10.7. The van der Waals surface area contributed by atoms with E-state index in [1.807, 2.05) is 17.7 Å². The summed E-state index contributed by atoms with van der Waals surface area (Å²) in [6, 6.07) is 4.92. The van der Waals surface area contributed by atoms with E-state index in [1.54, 1.807) is 18.6 Å². The summed E-state index contributed by atoms with van der Waals surface area (Å²) >= 11 is 0. The quantitative estimate of drug-likeness (QED) is 0.753. The van der Waals surface area contributed by atoms with Gasteiger partial charge in [0.2, 0.25) is 5.76 Å². The Balaban J connectivity index is 1.81. The summed E-state index contributed by atoms with van der Waals surface area (Å²) < 4.78 is 7.07. The second kappa shape index (κ2) is 4.69.